The maximum atomic E-state index is 12.8. The Labute approximate surface area is 381 Å². The number of carbonyl (C=O) groups is 2. The summed E-state index contributed by atoms with van der Waals surface area (Å²) in [5, 5.41) is 0. The van der Waals surface area contributed by atoms with E-state index in [0.717, 1.165) is 51.4 Å². The minimum absolute atomic E-state index is 0. The summed E-state index contributed by atoms with van der Waals surface area (Å²) in [5.41, 5.74) is -1.17. The van der Waals surface area contributed by atoms with Crippen LogP contribution >= 0.6 is 0 Å². The van der Waals surface area contributed by atoms with E-state index in [1.165, 1.54) is 128 Å². The molecule has 0 heterocycles. The summed E-state index contributed by atoms with van der Waals surface area (Å²) in [6, 6.07) is 0. The van der Waals surface area contributed by atoms with Crippen LogP contribution in [-0.2, 0) is 19.1 Å². The molecule has 0 saturated carbocycles. The minimum atomic E-state index is -1.17. The fraction of sp³-hybridized carbons (Fsp3) is 0.922. The first-order chi connectivity index (χ1) is 26.4. The number of ether oxygens (including phenoxy) is 2. The van der Waals surface area contributed by atoms with Crippen LogP contribution in [0.1, 0.15) is 290 Å². The molecule has 4 nitrogen and oxygen atoms in total. The topological polar surface area (TPSA) is 52.6 Å². The molecule has 0 aliphatic carbocycles. The number of unbranched alkanes of at least 4 members (excludes halogenated alkanes) is 23. The number of esters is 2. The third kappa shape index (κ3) is 68.6. The summed E-state index contributed by atoms with van der Waals surface area (Å²) in [6.07, 6.45) is 34.9. The first-order valence-electron chi connectivity index (χ1n) is 24.5. The van der Waals surface area contributed by atoms with Gasteiger partial charge in [0.15, 0.2) is 5.41 Å². The van der Waals surface area contributed by atoms with Crippen LogP contribution in [0.25, 0.3) is 0 Å². The number of carbonyl (C=O) groups excluding carboxylic acids is 2. The molecule has 0 unspecified atom stereocenters. The minimum Gasteiger partial charge on any atom is -0.465 e. The van der Waals surface area contributed by atoms with Gasteiger partial charge >= 0.3 is 41.5 Å². The van der Waals surface area contributed by atoms with Gasteiger partial charge in [-0.25, -0.2) is 0 Å². The number of rotatable bonds is 31. The molecular formula is C51H112NaO4-. The fourth-order valence-corrected chi connectivity index (χ4v) is 5.17. The van der Waals surface area contributed by atoms with Gasteiger partial charge in [-0.2, -0.15) is 6.42 Å². The van der Waals surface area contributed by atoms with Gasteiger partial charge < -0.3 is 23.8 Å². The molecule has 0 N–H and O–H groups in total. The van der Waals surface area contributed by atoms with Crippen LogP contribution in [0.4, 0.5) is 0 Å². The van der Waals surface area contributed by atoms with Gasteiger partial charge in [0.1, 0.15) is 0 Å². The summed E-state index contributed by atoms with van der Waals surface area (Å²) >= 11 is 0. The van der Waals surface area contributed by atoms with E-state index in [9.17, 15) is 9.59 Å². The van der Waals surface area contributed by atoms with E-state index in [0.29, 0.717) is 19.6 Å². The molecule has 0 aromatic carbocycles. The van der Waals surface area contributed by atoms with Gasteiger partial charge in [-0.05, 0) is 26.2 Å². The van der Waals surface area contributed by atoms with Crippen LogP contribution in [0.3, 0.4) is 0 Å². The molecule has 56 heavy (non-hydrogen) atoms. The number of hydrogen-bond donors (Lipinski definition) is 0. The second kappa shape index (κ2) is 79.1. The Balaban J connectivity index is -0.000000104. The van der Waals surface area contributed by atoms with Gasteiger partial charge in [-0.15, -0.1) is 0 Å². The molecule has 0 aliphatic rings. The second-order valence-electron chi connectivity index (χ2n) is 13.6. The molecule has 342 valence electrons. The summed E-state index contributed by atoms with van der Waals surface area (Å²) in [5.74, 6) is -0.797. The van der Waals surface area contributed by atoms with Gasteiger partial charge in [0.2, 0.25) is 0 Å². The fourth-order valence-electron chi connectivity index (χ4n) is 5.17. The summed E-state index contributed by atoms with van der Waals surface area (Å²) in [6.45, 7) is 35.4. The van der Waals surface area contributed by atoms with Crippen LogP contribution in [0.2, 0.25) is 0 Å². The largest absolute Gasteiger partial charge is 1.00 e. The zero-order valence-electron chi connectivity index (χ0n) is 42.8. The first-order valence-corrected chi connectivity index (χ1v) is 24.5. The van der Waals surface area contributed by atoms with Gasteiger partial charge in [-0.3, -0.25) is 9.59 Å². The van der Waals surface area contributed by atoms with E-state index in [1.807, 2.05) is 55.4 Å². The van der Waals surface area contributed by atoms with Crippen LogP contribution in [-0.4, -0.2) is 25.2 Å². The van der Waals surface area contributed by atoms with E-state index < -0.39 is 17.4 Å². The monoisotopic (exact) mass is 812 g/mol. The van der Waals surface area contributed by atoms with Crippen molar-refractivity contribution in [1.29, 1.82) is 0 Å². The average Bonchev–Trinajstić information content (AvgIpc) is 3.22. The molecule has 0 atom stereocenters. The number of hydrogen-bond acceptors (Lipinski definition) is 4. The normalized spacial score (nSPS) is 9.36. The third-order valence-electron chi connectivity index (χ3n) is 8.70. The zero-order valence-corrected chi connectivity index (χ0v) is 44.8. The maximum Gasteiger partial charge on any atom is 1.00 e. The van der Waals surface area contributed by atoms with Gasteiger partial charge in [-0.1, -0.05) is 257 Å². The van der Waals surface area contributed by atoms with Crippen molar-refractivity contribution in [2.45, 2.75) is 290 Å². The summed E-state index contributed by atoms with van der Waals surface area (Å²) in [4.78, 5) is 25.7. The Kier molecular flexibility index (Phi) is 108. The van der Waals surface area contributed by atoms with Crippen molar-refractivity contribution in [1.82, 2.24) is 0 Å². The van der Waals surface area contributed by atoms with Crippen molar-refractivity contribution >= 4 is 11.9 Å². The molecule has 0 spiro atoms. The Morgan fingerprint density at radius 1 is 0.393 bits per heavy atom. The van der Waals surface area contributed by atoms with Crippen molar-refractivity contribution in [3.8, 4) is 0 Å². The Morgan fingerprint density at radius 3 is 0.804 bits per heavy atom. The van der Waals surface area contributed by atoms with Gasteiger partial charge in [0.25, 0.3) is 0 Å². The van der Waals surface area contributed by atoms with Crippen molar-refractivity contribution in [3.05, 3.63) is 14.4 Å². The van der Waals surface area contributed by atoms with E-state index in [4.69, 9.17) is 9.47 Å². The van der Waals surface area contributed by atoms with Crippen molar-refractivity contribution in [2.75, 3.05) is 13.2 Å². The standard InChI is InChI=1S/C27H52O4.C11H24.C4H9.4C2H6.CH3.Na/c1-5-8-11-14-17-20-23-30-25(28)27(4,22-19-16-13-10-7-3)26(29)31-24-21-18-15-12-9-6-2;1-3-5-7-9-11-10-8-6-4-2;1-3-4-2;4*1-2;;/h5-24H2,1-4H3;3-11H2,1-2H3;1,3-4H2,2H3;4*1-2H3;1H3;/q;;-1;;;;;-1;+1. The van der Waals surface area contributed by atoms with Crippen LogP contribution in [0.5, 0.6) is 0 Å². The predicted octanol–water partition coefficient (Wildman–Crippen LogP) is 15.9. The maximum absolute atomic E-state index is 12.8. The molecule has 0 aromatic rings. The van der Waals surface area contributed by atoms with E-state index in [2.05, 4.69) is 48.5 Å². The molecule has 0 aliphatic heterocycles. The molecule has 0 saturated heterocycles. The Bertz CT molecular complexity index is 557. The molecule has 0 rings (SSSR count). The van der Waals surface area contributed by atoms with E-state index >= 15 is 0 Å². The van der Waals surface area contributed by atoms with Gasteiger partial charge in [0.05, 0.1) is 13.2 Å². The van der Waals surface area contributed by atoms with E-state index in [1.54, 1.807) is 6.92 Å². The summed E-state index contributed by atoms with van der Waals surface area (Å²) in [7, 11) is 0. The average molecular weight is 812 g/mol. The zero-order chi connectivity index (χ0) is 43.0. The van der Waals surface area contributed by atoms with Crippen LogP contribution in [0.15, 0.2) is 0 Å². The Hall–Kier alpha value is -0.0600. The first kappa shape index (κ1) is 76.6. The molecular weight excluding hydrogens is 700 g/mol. The quantitative estimate of drug-likeness (QED) is 0.0230. The van der Waals surface area contributed by atoms with Crippen LogP contribution < -0.4 is 29.6 Å². The Morgan fingerprint density at radius 2 is 0.589 bits per heavy atom. The molecule has 0 amide bonds. The molecule has 0 fully saturated rings. The van der Waals surface area contributed by atoms with Crippen molar-refractivity contribution in [3.63, 3.8) is 0 Å². The van der Waals surface area contributed by atoms with Gasteiger partial charge in [0, 0.05) is 0 Å². The molecule has 5 heteroatoms. The molecule has 0 bridgehead atoms. The van der Waals surface area contributed by atoms with E-state index in [-0.39, 0.29) is 37.0 Å². The smallest absolute Gasteiger partial charge is 0.465 e. The third-order valence-corrected chi connectivity index (χ3v) is 8.70. The van der Waals surface area contributed by atoms with Crippen LogP contribution in [0, 0.1) is 19.8 Å². The molecule has 0 radical (unpaired) electrons. The molecule has 0 aromatic heterocycles. The summed E-state index contributed by atoms with van der Waals surface area (Å²) < 4.78 is 11.1. The second-order valence-corrected chi connectivity index (χ2v) is 13.6. The van der Waals surface area contributed by atoms with Crippen molar-refractivity contribution in [2.24, 2.45) is 5.41 Å². The predicted molar refractivity (Wildman–Crippen MR) is 255 cm³/mol. The van der Waals surface area contributed by atoms with Crippen molar-refractivity contribution < 1.29 is 48.6 Å². The SMILES string of the molecule is CC.CC.CC.CC.CCCCCCCCCCC.CCCCCCCCOC(=O)C(C)(CCCCCCC)C(=O)OCCCCCCCC.[CH2-]CCC.[CH3-].[Na+].